The number of likely N-dealkylation sites (tertiary alicyclic amines) is 1. The van der Waals surface area contributed by atoms with Gasteiger partial charge in [-0.2, -0.15) is 0 Å². The van der Waals surface area contributed by atoms with Crippen molar-refractivity contribution in [1.82, 2.24) is 10.2 Å². The maximum absolute atomic E-state index is 3.64. The van der Waals surface area contributed by atoms with Gasteiger partial charge in [0, 0.05) is 25.2 Å². The lowest BCUT2D eigenvalue weighted by Crippen LogP contribution is -2.37. The maximum Gasteiger partial charge on any atom is 0.0110 e. The van der Waals surface area contributed by atoms with Gasteiger partial charge in [0.1, 0.15) is 0 Å². The fourth-order valence-electron chi connectivity index (χ4n) is 2.46. The third kappa shape index (κ3) is 5.31. The first-order valence-electron chi connectivity index (χ1n) is 7.07. The van der Waals surface area contributed by atoms with Gasteiger partial charge in [0.25, 0.3) is 0 Å². The smallest absolute Gasteiger partial charge is 0.0110 e. The molecule has 0 amide bonds. The van der Waals surface area contributed by atoms with Gasteiger partial charge in [-0.1, -0.05) is 13.8 Å². The second kappa shape index (κ2) is 7.29. The van der Waals surface area contributed by atoms with E-state index in [0.29, 0.717) is 6.04 Å². The lowest BCUT2D eigenvalue weighted by molar-refractivity contribution is 0.263. The minimum Gasteiger partial charge on any atom is -0.313 e. The van der Waals surface area contributed by atoms with E-state index in [4.69, 9.17) is 0 Å². The van der Waals surface area contributed by atoms with Crippen molar-refractivity contribution in [2.24, 2.45) is 5.92 Å². The summed E-state index contributed by atoms with van der Waals surface area (Å²) >= 11 is 0. The zero-order valence-electron chi connectivity index (χ0n) is 11.6. The Morgan fingerprint density at radius 1 is 1.25 bits per heavy atom. The zero-order valence-corrected chi connectivity index (χ0v) is 11.6. The lowest BCUT2D eigenvalue weighted by Gasteiger charge is -2.22. The molecule has 0 aromatic carbocycles. The van der Waals surface area contributed by atoms with Crippen molar-refractivity contribution >= 4 is 0 Å². The highest BCUT2D eigenvalue weighted by molar-refractivity contribution is 4.76. The molecule has 2 heteroatoms. The van der Waals surface area contributed by atoms with Crippen LogP contribution in [0, 0.1) is 5.92 Å². The second-order valence-corrected chi connectivity index (χ2v) is 5.85. The average molecular weight is 226 g/mol. The fourth-order valence-corrected chi connectivity index (χ4v) is 2.46. The number of nitrogens with one attached hydrogen (secondary N) is 1. The van der Waals surface area contributed by atoms with Crippen molar-refractivity contribution in [3.8, 4) is 0 Å². The molecule has 1 N–H and O–H groups in total. The van der Waals surface area contributed by atoms with Crippen molar-refractivity contribution < 1.29 is 0 Å². The summed E-state index contributed by atoms with van der Waals surface area (Å²) in [6.45, 7) is 13.0. The third-order valence-corrected chi connectivity index (χ3v) is 3.76. The van der Waals surface area contributed by atoms with Crippen LogP contribution in [0.25, 0.3) is 0 Å². The van der Waals surface area contributed by atoms with Gasteiger partial charge in [-0.05, 0) is 52.0 Å². The standard InChI is InChI=1S/C14H30N2/c1-12(2)7-8-13(3)15-9-11-16-10-5-6-14(16)4/h12-15H,5-11H2,1-4H3. The van der Waals surface area contributed by atoms with Crippen LogP contribution in [0.15, 0.2) is 0 Å². The number of hydrogen-bond acceptors (Lipinski definition) is 2. The Bertz CT molecular complexity index is 180. The van der Waals surface area contributed by atoms with Crippen LogP contribution in [0.2, 0.25) is 0 Å². The van der Waals surface area contributed by atoms with Crippen LogP contribution in [0.1, 0.15) is 53.4 Å². The Labute approximate surface area is 102 Å². The van der Waals surface area contributed by atoms with Crippen LogP contribution in [0.5, 0.6) is 0 Å². The van der Waals surface area contributed by atoms with E-state index in [9.17, 15) is 0 Å². The van der Waals surface area contributed by atoms with E-state index in [1.807, 2.05) is 0 Å². The summed E-state index contributed by atoms with van der Waals surface area (Å²) in [5.74, 6) is 0.836. The number of hydrogen-bond donors (Lipinski definition) is 1. The maximum atomic E-state index is 3.64. The van der Waals surface area contributed by atoms with E-state index in [1.165, 1.54) is 38.8 Å². The first-order chi connectivity index (χ1) is 7.59. The zero-order chi connectivity index (χ0) is 12.0. The molecular formula is C14H30N2. The minimum absolute atomic E-state index is 0.681. The molecule has 2 atom stereocenters. The summed E-state index contributed by atoms with van der Waals surface area (Å²) in [5, 5.41) is 3.64. The Morgan fingerprint density at radius 3 is 2.56 bits per heavy atom. The Balaban J connectivity index is 2.01. The molecule has 1 fully saturated rings. The molecule has 96 valence electrons. The van der Waals surface area contributed by atoms with Gasteiger partial charge in [0.15, 0.2) is 0 Å². The quantitative estimate of drug-likeness (QED) is 0.718. The molecule has 1 aliphatic heterocycles. The van der Waals surface area contributed by atoms with Gasteiger partial charge in [0.05, 0.1) is 0 Å². The van der Waals surface area contributed by atoms with Crippen LogP contribution in [-0.4, -0.2) is 36.6 Å². The number of rotatable bonds is 7. The Hall–Kier alpha value is -0.0800. The summed E-state index contributed by atoms with van der Waals surface area (Å²) in [7, 11) is 0. The molecule has 0 aromatic heterocycles. The Kier molecular flexibility index (Phi) is 6.37. The SMILES string of the molecule is CC(C)CCC(C)NCCN1CCCC1C. The van der Waals surface area contributed by atoms with Gasteiger partial charge in [-0.3, -0.25) is 4.90 Å². The molecule has 1 saturated heterocycles. The molecule has 1 heterocycles. The molecule has 0 spiro atoms. The van der Waals surface area contributed by atoms with Gasteiger partial charge in [-0.15, -0.1) is 0 Å². The summed E-state index contributed by atoms with van der Waals surface area (Å²) in [6, 6.07) is 1.49. The molecule has 0 radical (unpaired) electrons. The average Bonchev–Trinajstić information content (AvgIpc) is 2.61. The largest absolute Gasteiger partial charge is 0.313 e. The highest BCUT2D eigenvalue weighted by Crippen LogP contribution is 2.15. The molecule has 1 rings (SSSR count). The van der Waals surface area contributed by atoms with Crippen molar-refractivity contribution in [2.45, 2.75) is 65.5 Å². The van der Waals surface area contributed by atoms with Gasteiger partial charge < -0.3 is 5.32 Å². The van der Waals surface area contributed by atoms with Crippen molar-refractivity contribution in [3.63, 3.8) is 0 Å². The Morgan fingerprint density at radius 2 is 2.00 bits per heavy atom. The summed E-state index contributed by atoms with van der Waals surface area (Å²) in [5.41, 5.74) is 0. The molecule has 2 unspecified atom stereocenters. The fraction of sp³-hybridized carbons (Fsp3) is 1.00. The summed E-state index contributed by atoms with van der Waals surface area (Å²) in [6.07, 6.45) is 5.44. The monoisotopic (exact) mass is 226 g/mol. The lowest BCUT2D eigenvalue weighted by atomic mass is 10.0. The summed E-state index contributed by atoms with van der Waals surface area (Å²) in [4.78, 5) is 2.61. The first-order valence-corrected chi connectivity index (χ1v) is 7.07. The molecule has 2 nitrogen and oxygen atoms in total. The minimum atomic E-state index is 0.681. The normalized spacial score (nSPS) is 24.2. The van der Waals surface area contributed by atoms with E-state index >= 15 is 0 Å². The van der Waals surface area contributed by atoms with E-state index in [-0.39, 0.29) is 0 Å². The van der Waals surface area contributed by atoms with Crippen LogP contribution in [-0.2, 0) is 0 Å². The molecule has 0 bridgehead atoms. The van der Waals surface area contributed by atoms with E-state index < -0.39 is 0 Å². The predicted molar refractivity (Wildman–Crippen MR) is 71.8 cm³/mol. The molecule has 0 aromatic rings. The highest BCUT2D eigenvalue weighted by atomic mass is 15.2. The van der Waals surface area contributed by atoms with E-state index in [1.54, 1.807) is 0 Å². The van der Waals surface area contributed by atoms with Crippen LogP contribution < -0.4 is 5.32 Å². The van der Waals surface area contributed by atoms with Crippen LogP contribution >= 0.6 is 0 Å². The highest BCUT2D eigenvalue weighted by Gasteiger charge is 2.19. The third-order valence-electron chi connectivity index (χ3n) is 3.76. The van der Waals surface area contributed by atoms with Gasteiger partial charge in [0.2, 0.25) is 0 Å². The molecular weight excluding hydrogens is 196 g/mol. The van der Waals surface area contributed by atoms with E-state index in [2.05, 4.69) is 37.9 Å². The molecule has 1 aliphatic rings. The molecule has 0 saturated carbocycles. The molecule has 0 aliphatic carbocycles. The van der Waals surface area contributed by atoms with E-state index in [0.717, 1.165) is 18.5 Å². The van der Waals surface area contributed by atoms with Crippen molar-refractivity contribution in [1.29, 1.82) is 0 Å². The second-order valence-electron chi connectivity index (χ2n) is 5.85. The van der Waals surface area contributed by atoms with Crippen molar-refractivity contribution in [3.05, 3.63) is 0 Å². The van der Waals surface area contributed by atoms with Gasteiger partial charge in [-0.25, -0.2) is 0 Å². The molecule has 16 heavy (non-hydrogen) atoms. The van der Waals surface area contributed by atoms with Crippen LogP contribution in [0.3, 0.4) is 0 Å². The first kappa shape index (κ1) is 14.0. The number of nitrogens with zero attached hydrogens (tertiary/aromatic N) is 1. The summed E-state index contributed by atoms with van der Waals surface area (Å²) < 4.78 is 0. The van der Waals surface area contributed by atoms with Gasteiger partial charge >= 0.3 is 0 Å². The topological polar surface area (TPSA) is 15.3 Å². The van der Waals surface area contributed by atoms with Crippen LogP contribution in [0.4, 0.5) is 0 Å². The van der Waals surface area contributed by atoms with Crippen molar-refractivity contribution in [2.75, 3.05) is 19.6 Å². The predicted octanol–water partition coefficient (Wildman–Crippen LogP) is 2.89.